The van der Waals surface area contributed by atoms with Crippen LogP contribution in [0.4, 0.5) is 0 Å². The van der Waals surface area contributed by atoms with Crippen molar-refractivity contribution in [3.05, 3.63) is 42.2 Å². The van der Waals surface area contributed by atoms with E-state index in [1.165, 1.54) is 63.4 Å². The van der Waals surface area contributed by atoms with E-state index in [1.54, 1.807) is 19.1 Å². The largest absolute Gasteiger partial charge is 0.425 e. The number of nitrogens with zero attached hydrogens (tertiary/aromatic N) is 2. The van der Waals surface area contributed by atoms with Crippen LogP contribution in [0.1, 0.15) is 77.2 Å². The molecule has 2 rings (SSSR count). The molecule has 1 atom stereocenters. The Kier molecular flexibility index (Phi) is 10.7. The van der Waals surface area contributed by atoms with Gasteiger partial charge in [0, 0.05) is 18.0 Å². The zero-order valence-electron chi connectivity index (χ0n) is 17.7. The molecular weight excluding hydrogens is 384 g/mol. The van der Waals surface area contributed by atoms with Crippen molar-refractivity contribution in [1.29, 1.82) is 0 Å². The first-order valence-corrected chi connectivity index (χ1v) is 11.3. The molecule has 0 aliphatic carbocycles. The minimum Gasteiger partial charge on any atom is -0.425 e. The van der Waals surface area contributed by atoms with E-state index in [9.17, 15) is 4.79 Å². The average Bonchev–Trinajstić information content (AvgIpc) is 2.73. The van der Waals surface area contributed by atoms with E-state index in [2.05, 4.69) is 16.9 Å². The first kappa shape index (κ1) is 23.3. The first-order valence-electron chi connectivity index (χ1n) is 10.9. The molecule has 0 spiro atoms. The van der Waals surface area contributed by atoms with Crippen LogP contribution in [0.3, 0.4) is 0 Å². The number of aromatic nitrogens is 2. The van der Waals surface area contributed by atoms with Gasteiger partial charge in [0.15, 0.2) is 5.82 Å². The number of aryl methyl sites for hydroxylation is 1. The van der Waals surface area contributed by atoms with Crippen molar-refractivity contribution in [1.82, 2.24) is 9.97 Å². The number of ether oxygens (including phenoxy) is 1. The van der Waals surface area contributed by atoms with Gasteiger partial charge in [-0.25, -0.2) is 9.97 Å². The zero-order valence-corrected chi connectivity index (χ0v) is 18.5. The van der Waals surface area contributed by atoms with Gasteiger partial charge in [0.05, 0.1) is 0 Å². The van der Waals surface area contributed by atoms with Crippen LogP contribution in [0, 0.1) is 0 Å². The van der Waals surface area contributed by atoms with E-state index in [0.717, 1.165) is 12.0 Å². The van der Waals surface area contributed by atoms with E-state index in [4.69, 9.17) is 16.3 Å². The highest BCUT2D eigenvalue weighted by Crippen LogP contribution is 2.20. The number of alkyl halides is 1. The molecule has 0 fully saturated rings. The Labute approximate surface area is 180 Å². The molecule has 1 heterocycles. The van der Waals surface area contributed by atoms with Crippen molar-refractivity contribution in [3.63, 3.8) is 0 Å². The van der Waals surface area contributed by atoms with Crippen LogP contribution in [-0.4, -0.2) is 21.3 Å². The topological polar surface area (TPSA) is 52.1 Å². The fraction of sp³-hybridized carbons (Fsp3) is 0.542. The molecule has 0 saturated heterocycles. The molecule has 1 aromatic heterocycles. The molecule has 0 unspecified atom stereocenters. The van der Waals surface area contributed by atoms with E-state index < -0.39 is 11.3 Å². The summed E-state index contributed by atoms with van der Waals surface area (Å²) >= 11 is 5.71. The first-order chi connectivity index (χ1) is 14.1. The lowest BCUT2D eigenvalue weighted by Crippen LogP contribution is -2.17. The molecule has 2 aromatic rings. The summed E-state index contributed by atoms with van der Waals surface area (Å²) in [5.74, 6) is 0.675. The minimum atomic E-state index is -0.670. The van der Waals surface area contributed by atoms with Crippen LogP contribution in [0.25, 0.3) is 11.4 Å². The summed E-state index contributed by atoms with van der Waals surface area (Å²) in [5.41, 5.74) is 2.07. The molecule has 4 nitrogen and oxygen atoms in total. The number of halogens is 1. The molecule has 0 radical (unpaired) electrons. The number of benzene rings is 1. The van der Waals surface area contributed by atoms with Crippen LogP contribution >= 0.6 is 11.6 Å². The van der Waals surface area contributed by atoms with Gasteiger partial charge in [-0.05, 0) is 49.6 Å². The van der Waals surface area contributed by atoms with Gasteiger partial charge in [-0.3, -0.25) is 4.79 Å². The van der Waals surface area contributed by atoms with Gasteiger partial charge in [-0.1, -0.05) is 58.3 Å². The highest BCUT2D eigenvalue weighted by Gasteiger charge is 2.12. The minimum absolute atomic E-state index is 0.462. The Morgan fingerprint density at radius 2 is 1.48 bits per heavy atom. The zero-order chi connectivity index (χ0) is 20.9. The third-order valence-electron chi connectivity index (χ3n) is 4.93. The number of hydrogen-bond acceptors (Lipinski definition) is 4. The van der Waals surface area contributed by atoms with Crippen LogP contribution in [-0.2, 0) is 11.2 Å². The van der Waals surface area contributed by atoms with Crippen molar-refractivity contribution in [3.8, 4) is 17.1 Å². The number of rotatable bonds is 13. The normalized spacial score (nSPS) is 12.0. The van der Waals surface area contributed by atoms with E-state index in [1.807, 2.05) is 24.5 Å². The van der Waals surface area contributed by atoms with Crippen molar-refractivity contribution in [2.45, 2.75) is 83.4 Å². The quantitative estimate of drug-likeness (QED) is 0.157. The van der Waals surface area contributed by atoms with E-state index in [0.29, 0.717) is 11.6 Å². The average molecular weight is 417 g/mol. The molecule has 29 heavy (non-hydrogen) atoms. The summed E-state index contributed by atoms with van der Waals surface area (Å²) in [6.45, 7) is 3.84. The molecule has 0 N–H and O–H groups in total. The number of unbranched alkanes of at least 4 members (excludes halogenated alkanes) is 8. The van der Waals surface area contributed by atoms with Gasteiger partial charge in [0.1, 0.15) is 11.1 Å². The Morgan fingerprint density at radius 1 is 0.931 bits per heavy atom. The Hall–Kier alpha value is -1.94. The molecule has 158 valence electrons. The summed E-state index contributed by atoms with van der Waals surface area (Å²) in [7, 11) is 0. The number of carbonyl (C=O) groups is 1. The predicted molar refractivity (Wildman–Crippen MR) is 119 cm³/mol. The summed E-state index contributed by atoms with van der Waals surface area (Å²) < 4.78 is 5.17. The second-order valence-corrected chi connectivity index (χ2v) is 8.21. The lowest BCUT2D eigenvalue weighted by atomic mass is 10.1. The van der Waals surface area contributed by atoms with Crippen molar-refractivity contribution in [2.75, 3.05) is 0 Å². The highest BCUT2D eigenvalue weighted by molar-refractivity contribution is 6.29. The predicted octanol–water partition coefficient (Wildman–Crippen LogP) is 6.75. The smallest absolute Gasteiger partial charge is 0.329 e. The maximum Gasteiger partial charge on any atom is 0.329 e. The molecule has 0 bridgehead atoms. The lowest BCUT2D eigenvalue weighted by Gasteiger charge is -2.07. The number of hydrogen-bond donors (Lipinski definition) is 0. The summed E-state index contributed by atoms with van der Waals surface area (Å²) in [5, 5.41) is -0.670. The Bertz CT molecular complexity index is 715. The third kappa shape index (κ3) is 8.95. The molecule has 0 aliphatic rings. The molecule has 0 aliphatic heterocycles. The Balaban J connectivity index is 1.71. The molecule has 0 amide bonds. The van der Waals surface area contributed by atoms with Crippen molar-refractivity contribution < 1.29 is 9.53 Å². The molecule has 0 saturated carbocycles. The maximum atomic E-state index is 11.5. The van der Waals surface area contributed by atoms with Crippen molar-refractivity contribution in [2.24, 2.45) is 0 Å². The van der Waals surface area contributed by atoms with E-state index in [-0.39, 0.29) is 0 Å². The van der Waals surface area contributed by atoms with Gasteiger partial charge >= 0.3 is 5.97 Å². The second kappa shape index (κ2) is 13.3. The second-order valence-electron chi connectivity index (χ2n) is 7.55. The fourth-order valence-corrected chi connectivity index (χ4v) is 3.19. The van der Waals surface area contributed by atoms with Crippen LogP contribution in [0.2, 0.25) is 0 Å². The van der Waals surface area contributed by atoms with Gasteiger partial charge in [-0.15, -0.1) is 11.6 Å². The standard InChI is InChI=1S/C24H33ClN2O2/c1-3-4-5-6-7-8-9-10-11-12-20-17-26-23(27-18-20)21-13-15-22(16-14-21)29-24(28)19(2)25/h13-19H,3-12H2,1-2H3/t19-/m1/s1. The van der Waals surface area contributed by atoms with Crippen LogP contribution in [0.15, 0.2) is 36.7 Å². The summed E-state index contributed by atoms with van der Waals surface area (Å²) in [6.07, 6.45) is 16.8. The number of esters is 1. The highest BCUT2D eigenvalue weighted by atomic mass is 35.5. The van der Waals surface area contributed by atoms with Gasteiger partial charge in [0.2, 0.25) is 0 Å². The summed E-state index contributed by atoms with van der Waals surface area (Å²) in [6, 6.07) is 7.14. The molecular formula is C24H33ClN2O2. The van der Waals surface area contributed by atoms with Crippen LogP contribution in [0.5, 0.6) is 5.75 Å². The monoisotopic (exact) mass is 416 g/mol. The summed E-state index contributed by atoms with van der Waals surface area (Å²) in [4.78, 5) is 20.5. The van der Waals surface area contributed by atoms with Gasteiger partial charge in [-0.2, -0.15) is 0 Å². The third-order valence-corrected chi connectivity index (χ3v) is 5.11. The lowest BCUT2D eigenvalue weighted by molar-refractivity contribution is -0.133. The van der Waals surface area contributed by atoms with Gasteiger partial charge in [0.25, 0.3) is 0 Å². The number of carbonyl (C=O) groups excluding carboxylic acids is 1. The van der Waals surface area contributed by atoms with Gasteiger partial charge < -0.3 is 4.74 Å². The molecule has 5 heteroatoms. The van der Waals surface area contributed by atoms with Crippen LogP contribution < -0.4 is 4.74 Å². The van der Waals surface area contributed by atoms with Crippen molar-refractivity contribution >= 4 is 17.6 Å². The van der Waals surface area contributed by atoms with E-state index >= 15 is 0 Å². The Morgan fingerprint density at radius 3 is 2.03 bits per heavy atom. The maximum absolute atomic E-state index is 11.5. The molecule has 1 aromatic carbocycles. The SMILES string of the molecule is CCCCCCCCCCCc1cnc(-c2ccc(OC(=O)[C@@H](C)Cl)cc2)nc1. The fourth-order valence-electron chi connectivity index (χ4n) is 3.14.